The van der Waals surface area contributed by atoms with Crippen molar-refractivity contribution in [3.8, 4) is 22.4 Å². The van der Waals surface area contributed by atoms with Crippen LogP contribution in [0.25, 0.3) is 28.0 Å². The van der Waals surface area contributed by atoms with Crippen LogP contribution in [0.15, 0.2) is 66.9 Å². The quantitative estimate of drug-likeness (QED) is 0.287. The van der Waals surface area contributed by atoms with E-state index in [4.69, 9.17) is 4.98 Å². The molecule has 5 rings (SSSR count). The fraction of sp³-hybridized carbons (Fsp3) is 0.286. The van der Waals surface area contributed by atoms with Gasteiger partial charge in [-0.25, -0.2) is 4.98 Å². The molecule has 8 nitrogen and oxygen atoms in total. The number of carbonyl (C=O) groups is 1. The predicted molar refractivity (Wildman–Crippen MR) is 140 cm³/mol. The molecule has 1 fully saturated rings. The minimum absolute atomic E-state index is 0.0679. The Labute approximate surface area is 209 Å². The summed E-state index contributed by atoms with van der Waals surface area (Å²) < 4.78 is 2.10. The molecule has 4 aromatic rings. The van der Waals surface area contributed by atoms with Gasteiger partial charge in [0.05, 0.1) is 16.3 Å². The molecule has 0 bridgehead atoms. The first kappa shape index (κ1) is 23.7. The number of fused-ring (bicyclic) bond motifs is 1. The number of amides is 1. The van der Waals surface area contributed by atoms with Crippen LogP contribution in [0.4, 0.5) is 5.69 Å². The molecule has 0 N–H and O–H groups in total. The number of benzene rings is 2. The van der Waals surface area contributed by atoms with E-state index in [0.717, 1.165) is 59.9 Å². The molecule has 0 unspecified atom stereocenters. The van der Waals surface area contributed by atoms with Gasteiger partial charge in [0.2, 0.25) is 5.91 Å². The molecule has 36 heavy (non-hydrogen) atoms. The maximum Gasteiger partial charge on any atom is 0.270 e. The topological polar surface area (TPSA) is 84.0 Å². The maximum absolute atomic E-state index is 12.1. The van der Waals surface area contributed by atoms with Crippen LogP contribution < -0.4 is 0 Å². The van der Waals surface area contributed by atoms with Gasteiger partial charge in [-0.15, -0.1) is 0 Å². The summed E-state index contributed by atoms with van der Waals surface area (Å²) in [5.41, 5.74) is 6.81. The zero-order valence-electron chi connectivity index (χ0n) is 20.6. The molecular weight excluding hydrogens is 454 g/mol. The third kappa shape index (κ3) is 4.72. The average molecular weight is 484 g/mol. The minimum atomic E-state index is -0.372. The SMILES string of the molecule is CCC(=O)N1CCN(Cc2c(-c3ccc(C)cc3)nc3ccc(-c4cccc([N+](=O)[O-])c4)cn23)CC1. The van der Waals surface area contributed by atoms with E-state index in [1.165, 1.54) is 11.6 Å². The van der Waals surface area contributed by atoms with Gasteiger partial charge in [-0.3, -0.25) is 19.8 Å². The van der Waals surface area contributed by atoms with Gasteiger partial charge in [0, 0.05) is 63.0 Å². The molecular formula is C28H29N5O3. The summed E-state index contributed by atoms with van der Waals surface area (Å²) in [5.74, 6) is 0.200. The van der Waals surface area contributed by atoms with Gasteiger partial charge in [-0.1, -0.05) is 48.9 Å². The van der Waals surface area contributed by atoms with Crippen molar-refractivity contribution in [3.05, 3.63) is 88.2 Å². The number of nitro benzene ring substituents is 1. The third-order valence-corrected chi connectivity index (χ3v) is 6.83. The molecule has 8 heteroatoms. The van der Waals surface area contributed by atoms with Crippen molar-refractivity contribution in [1.29, 1.82) is 0 Å². The summed E-state index contributed by atoms with van der Waals surface area (Å²) >= 11 is 0. The van der Waals surface area contributed by atoms with Gasteiger partial charge in [0.25, 0.3) is 5.69 Å². The van der Waals surface area contributed by atoms with Crippen molar-refractivity contribution < 1.29 is 9.72 Å². The molecule has 0 spiro atoms. The van der Waals surface area contributed by atoms with E-state index < -0.39 is 0 Å². The van der Waals surface area contributed by atoms with E-state index in [9.17, 15) is 14.9 Å². The number of aromatic nitrogens is 2. The lowest BCUT2D eigenvalue weighted by atomic mass is 10.1. The third-order valence-electron chi connectivity index (χ3n) is 6.83. The minimum Gasteiger partial charge on any atom is -0.340 e. The summed E-state index contributed by atoms with van der Waals surface area (Å²) in [6, 6.07) is 19.0. The number of aryl methyl sites for hydroxylation is 1. The molecule has 2 aromatic heterocycles. The van der Waals surface area contributed by atoms with Crippen LogP contribution in [0, 0.1) is 17.0 Å². The Morgan fingerprint density at radius 1 is 0.972 bits per heavy atom. The highest BCUT2D eigenvalue weighted by Crippen LogP contribution is 2.30. The van der Waals surface area contributed by atoms with E-state index >= 15 is 0 Å². The lowest BCUT2D eigenvalue weighted by molar-refractivity contribution is -0.384. The maximum atomic E-state index is 12.1. The van der Waals surface area contributed by atoms with Gasteiger partial charge in [-0.2, -0.15) is 0 Å². The molecule has 1 aliphatic heterocycles. The molecule has 2 aromatic carbocycles. The van der Waals surface area contributed by atoms with Crippen LogP contribution in [-0.2, 0) is 11.3 Å². The zero-order valence-corrected chi connectivity index (χ0v) is 20.6. The summed E-state index contributed by atoms with van der Waals surface area (Å²) in [6.45, 7) is 7.71. The first-order valence-corrected chi connectivity index (χ1v) is 12.3. The van der Waals surface area contributed by atoms with Gasteiger partial charge < -0.3 is 9.30 Å². The Kier molecular flexibility index (Phi) is 6.52. The van der Waals surface area contributed by atoms with Crippen LogP contribution in [0.2, 0.25) is 0 Å². The number of carbonyl (C=O) groups excluding carboxylic acids is 1. The predicted octanol–water partition coefficient (Wildman–Crippen LogP) is 4.94. The summed E-state index contributed by atoms with van der Waals surface area (Å²) in [6.07, 6.45) is 2.55. The molecule has 184 valence electrons. The molecule has 0 radical (unpaired) electrons. The Bertz CT molecular complexity index is 1420. The van der Waals surface area contributed by atoms with Gasteiger partial charge in [0.15, 0.2) is 0 Å². The highest BCUT2D eigenvalue weighted by Gasteiger charge is 2.23. The standard InChI is InChI=1S/C28H29N5O3/c1-3-27(34)31-15-13-30(14-16-31)19-25-28(21-9-7-20(2)8-10-21)29-26-12-11-23(18-32(25)26)22-5-4-6-24(17-22)33(35)36/h4-12,17-18H,3,13-16,19H2,1-2H3. The fourth-order valence-electron chi connectivity index (χ4n) is 4.75. The Hall–Kier alpha value is -4.04. The molecule has 1 aliphatic rings. The number of hydrogen-bond acceptors (Lipinski definition) is 5. The van der Waals surface area contributed by atoms with Crippen LogP contribution in [-0.4, -0.2) is 56.2 Å². The molecule has 0 aliphatic carbocycles. The van der Waals surface area contributed by atoms with Crippen molar-refractivity contribution in [2.45, 2.75) is 26.8 Å². The zero-order chi connectivity index (χ0) is 25.2. The average Bonchev–Trinajstić information content (AvgIpc) is 3.26. The van der Waals surface area contributed by atoms with Gasteiger partial charge in [0.1, 0.15) is 5.65 Å². The monoisotopic (exact) mass is 483 g/mol. The number of non-ortho nitro benzene ring substituents is 1. The lowest BCUT2D eigenvalue weighted by Crippen LogP contribution is -2.48. The summed E-state index contributed by atoms with van der Waals surface area (Å²) in [5, 5.41) is 11.3. The highest BCUT2D eigenvalue weighted by atomic mass is 16.6. The van der Waals surface area contributed by atoms with E-state index in [1.54, 1.807) is 12.1 Å². The van der Waals surface area contributed by atoms with Crippen molar-refractivity contribution in [1.82, 2.24) is 19.2 Å². The molecule has 3 heterocycles. The van der Waals surface area contributed by atoms with Gasteiger partial charge >= 0.3 is 0 Å². The van der Waals surface area contributed by atoms with E-state index in [0.29, 0.717) is 13.0 Å². The number of imidazole rings is 1. The Morgan fingerprint density at radius 2 is 1.69 bits per heavy atom. The number of piperazine rings is 1. The first-order valence-electron chi connectivity index (χ1n) is 12.3. The number of nitro groups is 1. The summed E-state index contributed by atoms with van der Waals surface area (Å²) in [4.78, 5) is 32.3. The number of pyridine rings is 1. The Morgan fingerprint density at radius 3 is 2.39 bits per heavy atom. The van der Waals surface area contributed by atoms with Crippen molar-refractivity contribution in [3.63, 3.8) is 0 Å². The largest absolute Gasteiger partial charge is 0.340 e. The van der Waals surface area contributed by atoms with Crippen LogP contribution in [0.3, 0.4) is 0 Å². The van der Waals surface area contributed by atoms with Crippen LogP contribution in [0.5, 0.6) is 0 Å². The van der Waals surface area contributed by atoms with E-state index in [1.807, 2.05) is 36.2 Å². The highest BCUT2D eigenvalue weighted by molar-refractivity contribution is 5.76. The Balaban J connectivity index is 1.54. The second-order valence-electron chi connectivity index (χ2n) is 9.24. The molecule has 1 saturated heterocycles. The number of nitrogens with zero attached hydrogens (tertiary/aromatic N) is 5. The van der Waals surface area contributed by atoms with E-state index in [2.05, 4.69) is 40.5 Å². The lowest BCUT2D eigenvalue weighted by Gasteiger charge is -2.34. The fourth-order valence-corrected chi connectivity index (χ4v) is 4.75. The number of rotatable bonds is 6. The second kappa shape index (κ2) is 9.91. The molecule has 0 saturated carbocycles. The molecule has 1 amide bonds. The number of hydrogen-bond donors (Lipinski definition) is 0. The second-order valence-corrected chi connectivity index (χ2v) is 9.24. The van der Waals surface area contributed by atoms with Crippen molar-refractivity contribution in [2.24, 2.45) is 0 Å². The van der Waals surface area contributed by atoms with Crippen molar-refractivity contribution >= 4 is 17.2 Å². The van der Waals surface area contributed by atoms with E-state index in [-0.39, 0.29) is 16.5 Å². The summed E-state index contributed by atoms with van der Waals surface area (Å²) in [7, 11) is 0. The van der Waals surface area contributed by atoms with Crippen molar-refractivity contribution in [2.75, 3.05) is 26.2 Å². The normalized spacial score (nSPS) is 14.3. The smallest absolute Gasteiger partial charge is 0.270 e. The van der Waals surface area contributed by atoms with Crippen LogP contribution in [0.1, 0.15) is 24.6 Å². The molecule has 0 atom stereocenters. The first-order chi connectivity index (χ1) is 17.4. The van der Waals surface area contributed by atoms with Crippen LogP contribution >= 0.6 is 0 Å². The van der Waals surface area contributed by atoms with Gasteiger partial charge in [-0.05, 0) is 30.2 Å².